The lowest BCUT2D eigenvalue weighted by Gasteiger charge is -2.55. The van der Waals surface area contributed by atoms with Crippen LogP contribution in [0, 0.1) is 10.8 Å². The van der Waals surface area contributed by atoms with Crippen LogP contribution in [0.25, 0.3) is 0 Å². The average Bonchev–Trinajstić information content (AvgIpc) is 2.78. The molecule has 0 saturated carbocycles. The van der Waals surface area contributed by atoms with Gasteiger partial charge < -0.3 is 9.47 Å². The number of unbranched alkanes of at least 4 members (excludes halogenated alkanes) is 4. The molecule has 1 aromatic carbocycles. The maximum absolute atomic E-state index is 6.45. The van der Waals surface area contributed by atoms with Crippen LogP contribution in [0.1, 0.15) is 126 Å². The van der Waals surface area contributed by atoms with E-state index in [1.165, 1.54) is 44.1 Å². The molecule has 0 amide bonds. The van der Waals surface area contributed by atoms with Crippen molar-refractivity contribution in [3.63, 3.8) is 0 Å². The fraction of sp³-hybridized carbons (Fsp3) is 0.812. The largest absolute Gasteiger partial charge is 0.350 e. The monoisotopic (exact) mass is 489 g/mol. The van der Waals surface area contributed by atoms with Gasteiger partial charge >= 0.3 is 0 Å². The Hall–Kier alpha value is -0.900. The second-order valence-electron chi connectivity index (χ2n) is 12.4. The Morgan fingerprint density at radius 1 is 0.686 bits per heavy atom. The Labute approximate surface area is 219 Å². The molecule has 0 spiro atoms. The van der Waals surface area contributed by atoms with Gasteiger partial charge in [-0.05, 0) is 78.3 Å². The van der Waals surface area contributed by atoms with Crippen molar-refractivity contribution in [3.05, 3.63) is 35.9 Å². The lowest BCUT2D eigenvalue weighted by atomic mass is 9.58. The summed E-state index contributed by atoms with van der Waals surface area (Å²) < 4.78 is 12.9. The highest BCUT2D eigenvalue weighted by atomic mass is 16.7. The summed E-state index contributed by atoms with van der Waals surface area (Å²) in [6.45, 7) is 26.4. The average molecular weight is 490 g/mol. The summed E-state index contributed by atoms with van der Waals surface area (Å²) >= 11 is 0. The van der Waals surface area contributed by atoms with E-state index in [0.29, 0.717) is 13.2 Å². The Kier molecular flexibility index (Phi) is 13.5. The minimum atomic E-state index is -0.602. The SMILES string of the molecule is CCCCCCCC(C)(C)C(C)(CCCN(Cc1ccccc1)C(C)(C)C)C(C)(OCC)OCC. The molecule has 0 bridgehead atoms. The molecule has 0 heterocycles. The molecule has 3 heteroatoms. The lowest BCUT2D eigenvalue weighted by molar-refractivity contribution is -0.310. The molecule has 1 atom stereocenters. The van der Waals surface area contributed by atoms with Gasteiger partial charge in [-0.15, -0.1) is 0 Å². The molecular formula is C32H59NO2. The molecule has 3 nitrogen and oxygen atoms in total. The van der Waals surface area contributed by atoms with Crippen molar-refractivity contribution in [1.29, 1.82) is 0 Å². The first-order valence-electron chi connectivity index (χ1n) is 14.4. The Bertz CT molecular complexity index is 673. The highest BCUT2D eigenvalue weighted by molar-refractivity contribution is 5.14. The first-order chi connectivity index (χ1) is 16.4. The molecule has 0 aliphatic carbocycles. The molecule has 204 valence electrons. The first kappa shape index (κ1) is 32.1. The van der Waals surface area contributed by atoms with Crippen LogP contribution in [-0.2, 0) is 16.0 Å². The molecule has 0 aliphatic heterocycles. The Morgan fingerprint density at radius 2 is 1.26 bits per heavy atom. The number of hydrogen-bond acceptors (Lipinski definition) is 3. The molecule has 1 rings (SSSR count). The van der Waals surface area contributed by atoms with Crippen molar-refractivity contribution >= 4 is 0 Å². The van der Waals surface area contributed by atoms with E-state index in [0.717, 1.165) is 25.9 Å². The van der Waals surface area contributed by atoms with Crippen LogP contribution >= 0.6 is 0 Å². The van der Waals surface area contributed by atoms with Crippen LogP contribution in [0.5, 0.6) is 0 Å². The van der Waals surface area contributed by atoms with E-state index < -0.39 is 5.79 Å². The zero-order chi connectivity index (χ0) is 26.6. The van der Waals surface area contributed by atoms with Gasteiger partial charge in [0.15, 0.2) is 5.79 Å². The summed E-state index contributed by atoms with van der Waals surface area (Å²) in [6, 6.07) is 10.9. The van der Waals surface area contributed by atoms with Gasteiger partial charge in [-0.3, -0.25) is 4.90 Å². The van der Waals surface area contributed by atoms with Gasteiger partial charge in [-0.25, -0.2) is 0 Å². The highest BCUT2D eigenvalue weighted by Crippen LogP contribution is 2.54. The Morgan fingerprint density at radius 3 is 1.77 bits per heavy atom. The lowest BCUT2D eigenvalue weighted by Crippen LogP contribution is -2.56. The highest BCUT2D eigenvalue weighted by Gasteiger charge is 2.54. The summed E-state index contributed by atoms with van der Waals surface area (Å²) in [5.74, 6) is -0.602. The van der Waals surface area contributed by atoms with Gasteiger partial charge in [0.05, 0.1) is 0 Å². The summed E-state index contributed by atoms with van der Waals surface area (Å²) in [5, 5.41) is 0. The predicted molar refractivity (Wildman–Crippen MR) is 153 cm³/mol. The number of hydrogen-bond donors (Lipinski definition) is 0. The van der Waals surface area contributed by atoms with Gasteiger partial charge in [-0.2, -0.15) is 0 Å². The minimum absolute atomic E-state index is 0.101. The van der Waals surface area contributed by atoms with Gasteiger partial charge in [-0.1, -0.05) is 90.1 Å². The van der Waals surface area contributed by atoms with E-state index in [4.69, 9.17) is 9.47 Å². The van der Waals surface area contributed by atoms with Gasteiger partial charge in [0.25, 0.3) is 0 Å². The van der Waals surface area contributed by atoms with E-state index in [-0.39, 0.29) is 16.4 Å². The minimum Gasteiger partial charge on any atom is -0.350 e. The standard InChI is InChI=1S/C32H59NO2/c1-11-14-15-16-20-24-30(7,8)31(9,32(10,34-12-2)35-13-3)25-21-26-33(29(4,5)6)27-28-22-18-17-19-23-28/h17-19,22-23H,11-16,20-21,24-27H2,1-10H3. The summed E-state index contributed by atoms with van der Waals surface area (Å²) in [6.07, 6.45) is 9.98. The quantitative estimate of drug-likeness (QED) is 0.151. The van der Waals surface area contributed by atoms with Gasteiger partial charge in [0, 0.05) is 30.7 Å². The van der Waals surface area contributed by atoms with E-state index >= 15 is 0 Å². The van der Waals surface area contributed by atoms with E-state index in [9.17, 15) is 0 Å². The maximum Gasteiger partial charge on any atom is 0.171 e. The molecule has 1 unspecified atom stereocenters. The zero-order valence-corrected chi connectivity index (χ0v) is 25.1. The van der Waals surface area contributed by atoms with Crippen LogP contribution in [-0.4, -0.2) is 36.0 Å². The van der Waals surface area contributed by atoms with Crippen molar-refractivity contribution in [1.82, 2.24) is 4.90 Å². The summed E-state index contributed by atoms with van der Waals surface area (Å²) in [7, 11) is 0. The number of rotatable bonds is 18. The topological polar surface area (TPSA) is 21.7 Å². The smallest absolute Gasteiger partial charge is 0.171 e. The molecule has 1 aromatic rings. The van der Waals surface area contributed by atoms with Gasteiger partial charge in [0.2, 0.25) is 0 Å². The third-order valence-corrected chi connectivity index (χ3v) is 8.51. The van der Waals surface area contributed by atoms with Crippen LogP contribution < -0.4 is 0 Å². The van der Waals surface area contributed by atoms with E-state index in [2.05, 4.69) is 104 Å². The van der Waals surface area contributed by atoms with Crippen LogP contribution in [0.3, 0.4) is 0 Å². The van der Waals surface area contributed by atoms with Crippen LogP contribution in [0.15, 0.2) is 30.3 Å². The summed E-state index contributed by atoms with van der Waals surface area (Å²) in [5.41, 5.74) is 1.49. The normalized spacial score (nSPS) is 14.9. The van der Waals surface area contributed by atoms with Crippen LogP contribution in [0.4, 0.5) is 0 Å². The molecule has 0 radical (unpaired) electrons. The predicted octanol–water partition coefficient (Wildman–Crippen LogP) is 9.25. The van der Waals surface area contributed by atoms with E-state index in [1.54, 1.807) is 0 Å². The van der Waals surface area contributed by atoms with E-state index in [1.807, 2.05) is 0 Å². The van der Waals surface area contributed by atoms with Gasteiger partial charge in [0.1, 0.15) is 0 Å². The third kappa shape index (κ3) is 9.48. The second kappa shape index (κ2) is 14.7. The molecule has 0 aliphatic rings. The number of benzene rings is 1. The first-order valence-corrected chi connectivity index (χ1v) is 14.4. The molecule has 35 heavy (non-hydrogen) atoms. The van der Waals surface area contributed by atoms with Crippen molar-refractivity contribution in [3.8, 4) is 0 Å². The van der Waals surface area contributed by atoms with Crippen molar-refractivity contribution in [2.45, 2.75) is 138 Å². The third-order valence-electron chi connectivity index (χ3n) is 8.51. The molecule has 0 aromatic heterocycles. The molecular weight excluding hydrogens is 430 g/mol. The number of ether oxygens (including phenoxy) is 2. The molecule has 0 N–H and O–H groups in total. The second-order valence-corrected chi connectivity index (χ2v) is 12.4. The maximum atomic E-state index is 6.45. The summed E-state index contributed by atoms with van der Waals surface area (Å²) in [4.78, 5) is 2.62. The van der Waals surface area contributed by atoms with Crippen LogP contribution in [0.2, 0.25) is 0 Å². The van der Waals surface area contributed by atoms with Crippen molar-refractivity contribution in [2.75, 3.05) is 19.8 Å². The van der Waals surface area contributed by atoms with Crippen molar-refractivity contribution in [2.24, 2.45) is 10.8 Å². The fourth-order valence-electron chi connectivity index (χ4n) is 5.62. The van der Waals surface area contributed by atoms with Crippen molar-refractivity contribution < 1.29 is 9.47 Å². The molecule has 0 saturated heterocycles. The Balaban J connectivity index is 3.09. The molecule has 0 fully saturated rings. The fourth-order valence-corrected chi connectivity index (χ4v) is 5.62. The number of nitrogens with zero attached hydrogens (tertiary/aromatic N) is 1. The zero-order valence-electron chi connectivity index (χ0n) is 25.1.